The average Bonchev–Trinajstić information content (AvgIpc) is 3.65. The van der Waals surface area contributed by atoms with E-state index in [-0.39, 0.29) is 18.7 Å². The Bertz CT molecular complexity index is 1590. The molecule has 0 radical (unpaired) electrons. The summed E-state index contributed by atoms with van der Waals surface area (Å²) in [4.78, 5) is 31.3. The topological polar surface area (TPSA) is 102 Å². The first-order chi connectivity index (χ1) is 18.5. The van der Waals surface area contributed by atoms with Crippen LogP contribution in [0.4, 0.5) is 5.69 Å². The summed E-state index contributed by atoms with van der Waals surface area (Å²) in [6.07, 6.45) is 0.260. The third-order valence-electron chi connectivity index (χ3n) is 7.59. The van der Waals surface area contributed by atoms with Gasteiger partial charge >= 0.3 is 5.97 Å². The molecule has 9 heteroatoms. The molecule has 38 heavy (non-hydrogen) atoms. The van der Waals surface area contributed by atoms with Gasteiger partial charge in [0.05, 0.1) is 18.7 Å². The predicted octanol–water partition coefficient (Wildman–Crippen LogP) is 4.60. The van der Waals surface area contributed by atoms with Crippen molar-refractivity contribution < 1.29 is 28.5 Å². The Kier molecular flexibility index (Phi) is 5.09. The molecule has 192 valence electrons. The Morgan fingerprint density at radius 1 is 1.13 bits per heavy atom. The van der Waals surface area contributed by atoms with Crippen LogP contribution < -0.4 is 19.5 Å². The van der Waals surface area contributed by atoms with E-state index in [9.17, 15) is 9.59 Å². The van der Waals surface area contributed by atoms with Gasteiger partial charge in [0.15, 0.2) is 11.5 Å². The highest BCUT2D eigenvalue weighted by molar-refractivity contribution is 6.06. The summed E-state index contributed by atoms with van der Waals surface area (Å²) in [6.45, 7) is 0.922. The first-order valence-electron chi connectivity index (χ1n) is 12.5. The second-order valence-corrected chi connectivity index (χ2v) is 9.74. The number of fused-ring (bicyclic) bond motifs is 4. The second-order valence-electron chi connectivity index (χ2n) is 9.74. The smallest absolute Gasteiger partial charge is 0.339 e. The molecule has 2 unspecified atom stereocenters. The summed E-state index contributed by atoms with van der Waals surface area (Å²) >= 11 is 0. The summed E-state index contributed by atoms with van der Waals surface area (Å²) < 4.78 is 23.1. The van der Waals surface area contributed by atoms with Crippen molar-refractivity contribution in [2.24, 2.45) is 0 Å². The first kappa shape index (κ1) is 22.7. The molecule has 9 nitrogen and oxygen atoms in total. The van der Waals surface area contributed by atoms with Gasteiger partial charge in [-0.2, -0.15) is 0 Å². The fourth-order valence-corrected chi connectivity index (χ4v) is 5.78. The number of nitrogens with zero attached hydrogens (tertiary/aromatic N) is 1. The lowest BCUT2D eigenvalue weighted by atomic mass is 9.85. The number of cyclic esters (lactones) is 1. The number of H-pyrrole nitrogens is 1. The van der Waals surface area contributed by atoms with Gasteiger partial charge in [0.2, 0.25) is 12.5 Å². The lowest BCUT2D eigenvalue weighted by molar-refractivity contribution is 0.00881. The average molecular weight is 512 g/mol. The van der Waals surface area contributed by atoms with E-state index >= 15 is 0 Å². The van der Waals surface area contributed by atoms with Gasteiger partial charge in [-0.25, -0.2) is 4.79 Å². The van der Waals surface area contributed by atoms with Gasteiger partial charge in [0, 0.05) is 34.3 Å². The minimum absolute atomic E-state index is 0.142. The highest BCUT2D eigenvalue weighted by atomic mass is 16.7. The van der Waals surface area contributed by atoms with E-state index in [1.807, 2.05) is 43.4 Å². The third kappa shape index (κ3) is 3.42. The molecule has 1 amide bonds. The number of esters is 1. The van der Waals surface area contributed by atoms with Crippen molar-refractivity contribution in [2.45, 2.75) is 18.6 Å². The van der Waals surface area contributed by atoms with Gasteiger partial charge in [-0.05, 0) is 49.4 Å². The Labute approximate surface area is 218 Å². The molecule has 1 aromatic heterocycles. The number of aromatic amines is 1. The molecule has 0 aliphatic carbocycles. The molecule has 2 atom stereocenters. The maximum absolute atomic E-state index is 13.1. The van der Waals surface area contributed by atoms with Crippen molar-refractivity contribution in [1.82, 2.24) is 9.88 Å². The number of hydrogen-bond acceptors (Lipinski definition) is 7. The molecular formula is C29H25N3O6. The number of rotatable bonds is 4. The highest BCUT2D eigenvalue weighted by Gasteiger charge is 2.44. The van der Waals surface area contributed by atoms with Crippen LogP contribution in [0.25, 0.3) is 10.9 Å². The van der Waals surface area contributed by atoms with Crippen LogP contribution in [-0.2, 0) is 11.2 Å². The SMILES string of the molecule is COc1c2c(cc3c1C(C1OC(=O)c4cc(NC(=O)c5cc6ccccc6[nH]5)ccc41)N(C)CC3)OCO2. The molecule has 2 N–H and O–H groups in total. The Balaban J connectivity index is 1.22. The monoisotopic (exact) mass is 511 g/mol. The predicted molar refractivity (Wildman–Crippen MR) is 139 cm³/mol. The fraction of sp³-hybridized carbons (Fsp3) is 0.241. The van der Waals surface area contributed by atoms with Crippen molar-refractivity contribution in [3.8, 4) is 17.2 Å². The summed E-state index contributed by atoms with van der Waals surface area (Å²) in [5.41, 5.74) is 5.07. The molecule has 0 spiro atoms. The second kappa shape index (κ2) is 8.53. The molecule has 0 saturated carbocycles. The zero-order chi connectivity index (χ0) is 26.0. The number of anilines is 1. The van der Waals surface area contributed by atoms with E-state index in [4.69, 9.17) is 18.9 Å². The number of hydrogen-bond donors (Lipinski definition) is 2. The maximum Gasteiger partial charge on any atom is 0.339 e. The molecule has 0 saturated heterocycles. The largest absolute Gasteiger partial charge is 0.492 e. The van der Waals surface area contributed by atoms with E-state index in [2.05, 4.69) is 15.2 Å². The number of aromatic nitrogens is 1. The summed E-state index contributed by atoms with van der Waals surface area (Å²) in [6, 6.07) is 16.6. The summed E-state index contributed by atoms with van der Waals surface area (Å²) in [7, 11) is 3.62. The highest BCUT2D eigenvalue weighted by Crippen LogP contribution is 2.54. The maximum atomic E-state index is 13.1. The van der Waals surface area contributed by atoms with Crippen LogP contribution in [0.1, 0.15) is 49.7 Å². The molecule has 0 bridgehead atoms. The van der Waals surface area contributed by atoms with Crippen molar-refractivity contribution in [3.63, 3.8) is 0 Å². The van der Waals surface area contributed by atoms with Crippen molar-refractivity contribution in [2.75, 3.05) is 32.8 Å². The standard InChI is InChI=1S/C29H25N3O6/c1-32-10-9-16-12-22-26(37-14-36-22)27(35-2)23(16)24(32)25-18-8-7-17(13-19(18)29(34)38-25)30-28(33)21-11-15-5-3-4-6-20(15)31-21/h3-8,11-13,24-25,31H,9-10,14H2,1-2H3,(H,30,33). The van der Waals surface area contributed by atoms with Crippen LogP contribution in [0.15, 0.2) is 54.6 Å². The lowest BCUT2D eigenvalue weighted by Gasteiger charge is -2.38. The summed E-state index contributed by atoms with van der Waals surface area (Å²) in [5.74, 6) is 1.14. The zero-order valence-corrected chi connectivity index (χ0v) is 20.9. The van der Waals surface area contributed by atoms with Crippen LogP contribution in [-0.4, -0.2) is 49.3 Å². The molecule has 4 heterocycles. The minimum atomic E-state index is -0.547. The number of carbonyl (C=O) groups is 2. The van der Waals surface area contributed by atoms with E-state index in [0.29, 0.717) is 34.2 Å². The quantitative estimate of drug-likeness (QED) is 0.386. The van der Waals surface area contributed by atoms with Crippen molar-refractivity contribution in [1.29, 1.82) is 0 Å². The van der Waals surface area contributed by atoms with Gasteiger partial charge in [-0.15, -0.1) is 0 Å². The van der Waals surface area contributed by atoms with Crippen LogP contribution in [0.5, 0.6) is 17.2 Å². The molecule has 3 aromatic carbocycles. The molecule has 0 fully saturated rings. The number of carbonyl (C=O) groups excluding carboxylic acids is 2. The molecule has 3 aliphatic rings. The summed E-state index contributed by atoms with van der Waals surface area (Å²) in [5, 5.41) is 3.85. The number of nitrogens with one attached hydrogen (secondary N) is 2. The minimum Gasteiger partial charge on any atom is -0.492 e. The van der Waals surface area contributed by atoms with Crippen molar-refractivity contribution in [3.05, 3.63) is 82.5 Å². The number of methoxy groups -OCH3 is 1. The van der Waals surface area contributed by atoms with Crippen LogP contribution in [0.3, 0.4) is 0 Å². The van der Waals surface area contributed by atoms with Crippen molar-refractivity contribution >= 4 is 28.5 Å². The van der Waals surface area contributed by atoms with E-state index in [1.54, 1.807) is 25.3 Å². The van der Waals surface area contributed by atoms with E-state index in [0.717, 1.165) is 40.6 Å². The number of para-hydroxylation sites is 1. The Morgan fingerprint density at radius 2 is 2.00 bits per heavy atom. The number of amides is 1. The van der Waals surface area contributed by atoms with E-state index < -0.39 is 12.1 Å². The number of ether oxygens (including phenoxy) is 4. The fourth-order valence-electron chi connectivity index (χ4n) is 5.78. The van der Waals surface area contributed by atoms with Crippen LogP contribution in [0.2, 0.25) is 0 Å². The van der Waals surface area contributed by atoms with Gasteiger partial charge in [-0.1, -0.05) is 24.3 Å². The number of likely N-dealkylation sites (N-methyl/N-ethyl adjacent to an activating group) is 1. The molecular weight excluding hydrogens is 486 g/mol. The molecule has 4 aromatic rings. The van der Waals surface area contributed by atoms with Crippen LogP contribution in [0, 0.1) is 0 Å². The van der Waals surface area contributed by atoms with Crippen LogP contribution >= 0.6 is 0 Å². The van der Waals surface area contributed by atoms with Gasteiger partial charge < -0.3 is 29.2 Å². The Hall–Kier alpha value is -4.50. The normalized spacial score (nSPS) is 19.7. The molecule has 3 aliphatic heterocycles. The van der Waals surface area contributed by atoms with Gasteiger partial charge in [-0.3, -0.25) is 9.69 Å². The Morgan fingerprint density at radius 3 is 2.84 bits per heavy atom. The zero-order valence-electron chi connectivity index (χ0n) is 20.9. The van der Waals surface area contributed by atoms with E-state index in [1.165, 1.54) is 0 Å². The third-order valence-corrected chi connectivity index (χ3v) is 7.59. The van der Waals surface area contributed by atoms with Gasteiger partial charge in [0.25, 0.3) is 5.91 Å². The first-order valence-corrected chi connectivity index (χ1v) is 12.5. The molecule has 7 rings (SSSR count). The van der Waals surface area contributed by atoms with Gasteiger partial charge in [0.1, 0.15) is 11.8 Å². The lowest BCUT2D eigenvalue weighted by Crippen LogP contribution is -2.36. The number of benzene rings is 3.